The minimum atomic E-state index is -0.164. The highest BCUT2D eigenvalue weighted by Gasteiger charge is 2.20. The van der Waals surface area contributed by atoms with Crippen molar-refractivity contribution in [3.05, 3.63) is 69.9 Å². The van der Waals surface area contributed by atoms with E-state index in [9.17, 15) is 4.79 Å². The largest absolute Gasteiger partial charge is 0.496 e. The third-order valence-corrected chi connectivity index (χ3v) is 4.74. The number of nitrogens with one attached hydrogen (secondary N) is 1. The summed E-state index contributed by atoms with van der Waals surface area (Å²) >= 11 is 5.91. The highest BCUT2D eigenvalue weighted by Crippen LogP contribution is 2.28. The van der Waals surface area contributed by atoms with Gasteiger partial charge in [0.1, 0.15) is 17.3 Å². The van der Waals surface area contributed by atoms with Crippen LogP contribution in [0.25, 0.3) is 6.08 Å². The quantitative estimate of drug-likeness (QED) is 0.717. The zero-order valence-corrected chi connectivity index (χ0v) is 16.5. The second-order valence-electron chi connectivity index (χ2n) is 6.82. The molecular formula is C22H23ClN2O2. The van der Waals surface area contributed by atoms with Crippen LogP contribution in [0.3, 0.4) is 0 Å². The minimum Gasteiger partial charge on any atom is -0.496 e. The SMILES string of the molecule is COc1ccc(/C=C2/N=C(CCc3ccc(Cl)cc3)NC2=O)cc1C(C)C. The van der Waals surface area contributed by atoms with Gasteiger partial charge in [0.15, 0.2) is 0 Å². The predicted octanol–water partition coefficient (Wildman–Crippen LogP) is 4.97. The maximum Gasteiger partial charge on any atom is 0.275 e. The maximum atomic E-state index is 12.3. The summed E-state index contributed by atoms with van der Waals surface area (Å²) in [5.74, 6) is 1.71. The van der Waals surface area contributed by atoms with Gasteiger partial charge in [0.2, 0.25) is 0 Å². The average Bonchev–Trinajstić information content (AvgIpc) is 3.00. The van der Waals surface area contributed by atoms with Gasteiger partial charge in [-0.1, -0.05) is 43.6 Å². The number of methoxy groups -OCH3 is 1. The van der Waals surface area contributed by atoms with E-state index in [-0.39, 0.29) is 5.91 Å². The Kier molecular flexibility index (Phi) is 5.97. The Balaban J connectivity index is 1.75. The van der Waals surface area contributed by atoms with Crippen LogP contribution in [0.5, 0.6) is 5.75 Å². The van der Waals surface area contributed by atoms with E-state index in [4.69, 9.17) is 16.3 Å². The average molecular weight is 383 g/mol. The third kappa shape index (κ3) is 4.77. The van der Waals surface area contributed by atoms with Gasteiger partial charge in [-0.05, 0) is 59.4 Å². The molecule has 1 aliphatic heterocycles. The lowest BCUT2D eigenvalue weighted by Crippen LogP contribution is -2.24. The van der Waals surface area contributed by atoms with E-state index in [1.165, 1.54) is 0 Å². The van der Waals surface area contributed by atoms with E-state index in [0.29, 0.717) is 23.9 Å². The molecule has 1 N–H and O–H groups in total. The number of hydrogen-bond donors (Lipinski definition) is 1. The van der Waals surface area contributed by atoms with Gasteiger partial charge in [-0.15, -0.1) is 0 Å². The number of carbonyl (C=O) groups is 1. The van der Waals surface area contributed by atoms with E-state index in [1.54, 1.807) is 7.11 Å². The number of carbonyl (C=O) groups excluding carboxylic acids is 1. The first-order valence-electron chi connectivity index (χ1n) is 8.99. The van der Waals surface area contributed by atoms with E-state index < -0.39 is 0 Å². The van der Waals surface area contributed by atoms with Gasteiger partial charge in [-0.2, -0.15) is 0 Å². The van der Waals surface area contributed by atoms with Crippen molar-refractivity contribution in [2.75, 3.05) is 7.11 Å². The standard InChI is InChI=1S/C22H23ClN2O2/c1-14(2)18-12-16(6-10-20(18)27-3)13-19-22(26)25-21(24-19)11-7-15-4-8-17(23)9-5-15/h4-6,8-10,12-14H,7,11H2,1-3H3,(H,24,25,26)/b19-13+. The smallest absolute Gasteiger partial charge is 0.275 e. The van der Waals surface area contributed by atoms with Crippen molar-refractivity contribution >= 4 is 29.4 Å². The molecule has 0 aliphatic carbocycles. The molecule has 0 atom stereocenters. The summed E-state index contributed by atoms with van der Waals surface area (Å²) in [4.78, 5) is 16.7. The first-order valence-corrected chi connectivity index (χ1v) is 9.37. The molecule has 0 radical (unpaired) electrons. The fraction of sp³-hybridized carbons (Fsp3) is 0.273. The van der Waals surface area contributed by atoms with Crippen LogP contribution in [0.2, 0.25) is 5.02 Å². The van der Waals surface area contributed by atoms with Crippen LogP contribution in [0.15, 0.2) is 53.2 Å². The Bertz CT molecular complexity index is 899. The van der Waals surface area contributed by atoms with Crippen molar-refractivity contribution in [2.24, 2.45) is 4.99 Å². The van der Waals surface area contributed by atoms with Crippen molar-refractivity contribution in [3.8, 4) is 5.75 Å². The highest BCUT2D eigenvalue weighted by molar-refractivity contribution is 6.30. The molecule has 27 heavy (non-hydrogen) atoms. The molecule has 4 nitrogen and oxygen atoms in total. The third-order valence-electron chi connectivity index (χ3n) is 4.49. The van der Waals surface area contributed by atoms with Crippen LogP contribution in [0, 0.1) is 0 Å². The van der Waals surface area contributed by atoms with Crippen LogP contribution in [0.4, 0.5) is 0 Å². The topological polar surface area (TPSA) is 50.7 Å². The molecule has 0 bridgehead atoms. The number of halogens is 1. The Morgan fingerprint density at radius 3 is 2.56 bits per heavy atom. The van der Waals surface area contributed by atoms with Crippen LogP contribution in [-0.2, 0) is 11.2 Å². The molecule has 0 saturated carbocycles. The summed E-state index contributed by atoms with van der Waals surface area (Å²) in [7, 11) is 1.67. The van der Waals surface area contributed by atoms with Crippen molar-refractivity contribution in [3.63, 3.8) is 0 Å². The Hall–Kier alpha value is -2.59. The molecule has 140 valence electrons. The molecule has 2 aromatic rings. The summed E-state index contributed by atoms with van der Waals surface area (Å²) in [5, 5.41) is 3.58. The van der Waals surface area contributed by atoms with Crippen molar-refractivity contribution in [2.45, 2.75) is 32.6 Å². The molecule has 3 rings (SSSR count). The number of hydrogen-bond acceptors (Lipinski definition) is 3. The molecule has 1 heterocycles. The molecule has 0 unspecified atom stereocenters. The number of aryl methyl sites for hydroxylation is 1. The van der Waals surface area contributed by atoms with Crippen LogP contribution >= 0.6 is 11.6 Å². The molecule has 0 saturated heterocycles. The zero-order chi connectivity index (χ0) is 19.4. The first-order chi connectivity index (χ1) is 13.0. The lowest BCUT2D eigenvalue weighted by Gasteiger charge is -2.12. The second kappa shape index (κ2) is 8.40. The highest BCUT2D eigenvalue weighted by atomic mass is 35.5. The summed E-state index contributed by atoms with van der Waals surface area (Å²) in [6.07, 6.45) is 3.28. The predicted molar refractivity (Wildman–Crippen MR) is 110 cm³/mol. The maximum absolute atomic E-state index is 12.3. The van der Waals surface area contributed by atoms with Gasteiger partial charge >= 0.3 is 0 Å². The summed E-state index contributed by atoms with van der Waals surface area (Å²) in [6.45, 7) is 4.23. The summed E-state index contributed by atoms with van der Waals surface area (Å²) < 4.78 is 5.42. The Morgan fingerprint density at radius 1 is 1.15 bits per heavy atom. The van der Waals surface area contributed by atoms with Crippen molar-refractivity contribution < 1.29 is 9.53 Å². The van der Waals surface area contributed by atoms with E-state index in [1.807, 2.05) is 48.5 Å². The van der Waals surface area contributed by atoms with E-state index >= 15 is 0 Å². The molecule has 0 aromatic heterocycles. The van der Waals surface area contributed by atoms with Crippen LogP contribution in [0.1, 0.15) is 42.9 Å². The van der Waals surface area contributed by atoms with Gasteiger partial charge in [-0.3, -0.25) is 4.79 Å². The molecule has 0 fully saturated rings. The number of ether oxygens (including phenoxy) is 1. The molecule has 0 spiro atoms. The molecule has 2 aromatic carbocycles. The number of amidine groups is 1. The molecular weight excluding hydrogens is 360 g/mol. The molecule has 5 heteroatoms. The number of amides is 1. The second-order valence-corrected chi connectivity index (χ2v) is 7.26. The van der Waals surface area contributed by atoms with Crippen molar-refractivity contribution in [1.29, 1.82) is 0 Å². The lowest BCUT2D eigenvalue weighted by atomic mass is 9.99. The number of aliphatic imine (C=N–C) groups is 1. The molecule has 1 amide bonds. The van der Waals surface area contributed by atoms with Gasteiger partial charge in [0.05, 0.1) is 7.11 Å². The number of nitrogens with zero attached hydrogens (tertiary/aromatic N) is 1. The monoisotopic (exact) mass is 382 g/mol. The summed E-state index contributed by atoms with van der Waals surface area (Å²) in [5.41, 5.74) is 3.64. The van der Waals surface area contributed by atoms with Gasteiger partial charge in [0.25, 0.3) is 5.91 Å². The van der Waals surface area contributed by atoms with Crippen LogP contribution in [-0.4, -0.2) is 18.9 Å². The molecule has 1 aliphatic rings. The lowest BCUT2D eigenvalue weighted by molar-refractivity contribution is -0.115. The fourth-order valence-corrected chi connectivity index (χ4v) is 3.13. The van der Waals surface area contributed by atoms with E-state index in [0.717, 1.165) is 33.9 Å². The van der Waals surface area contributed by atoms with Crippen LogP contribution < -0.4 is 10.1 Å². The summed E-state index contributed by atoms with van der Waals surface area (Å²) in [6, 6.07) is 13.6. The van der Waals surface area contributed by atoms with Crippen molar-refractivity contribution in [1.82, 2.24) is 5.32 Å². The Labute approximate surface area is 164 Å². The number of rotatable bonds is 6. The normalized spacial score (nSPS) is 15.2. The minimum absolute atomic E-state index is 0.164. The van der Waals surface area contributed by atoms with E-state index in [2.05, 4.69) is 24.2 Å². The van der Waals surface area contributed by atoms with Gasteiger partial charge < -0.3 is 10.1 Å². The fourth-order valence-electron chi connectivity index (χ4n) is 3.00. The Morgan fingerprint density at radius 2 is 1.89 bits per heavy atom. The van der Waals surface area contributed by atoms with Gasteiger partial charge in [0, 0.05) is 11.4 Å². The first kappa shape index (κ1) is 19.2. The zero-order valence-electron chi connectivity index (χ0n) is 15.8. The van der Waals surface area contributed by atoms with Gasteiger partial charge in [-0.25, -0.2) is 4.99 Å². The number of benzene rings is 2.